The SMILES string of the molecule is N.[Li+].[Li+].[Li+]. The van der Waals surface area contributed by atoms with E-state index in [1.807, 2.05) is 0 Å². The van der Waals surface area contributed by atoms with Gasteiger partial charge >= 0.3 is 56.6 Å². The Bertz CT molecular complexity index is 3.25. The second kappa shape index (κ2) is 21.8. The van der Waals surface area contributed by atoms with Crippen molar-refractivity contribution in [2.75, 3.05) is 0 Å². The van der Waals surface area contributed by atoms with Crippen molar-refractivity contribution in [1.29, 1.82) is 0 Å². The number of hydrogen-bond acceptors (Lipinski definition) is 1. The molecule has 0 atom stereocenters. The van der Waals surface area contributed by atoms with Gasteiger partial charge in [0.05, 0.1) is 0 Å². The van der Waals surface area contributed by atoms with Crippen LogP contribution in [0.15, 0.2) is 0 Å². The molecule has 0 aliphatic heterocycles. The molecule has 0 spiro atoms. The molecule has 0 bridgehead atoms. The van der Waals surface area contributed by atoms with Crippen LogP contribution in [-0.4, -0.2) is 0 Å². The summed E-state index contributed by atoms with van der Waals surface area (Å²) in [5, 5.41) is 0. The summed E-state index contributed by atoms with van der Waals surface area (Å²) in [5.74, 6) is 0. The third-order valence-electron chi connectivity index (χ3n) is 0. The van der Waals surface area contributed by atoms with Crippen LogP contribution >= 0.6 is 0 Å². The average Bonchev–Trinajstić information content (AvgIpc) is 0. The third kappa shape index (κ3) is 9.26. The molecule has 4 heteroatoms. The molecule has 0 aliphatic rings. The van der Waals surface area contributed by atoms with E-state index >= 15 is 0 Å². The number of hydrogen-bond donors (Lipinski definition) is 1. The molecule has 0 saturated carbocycles. The van der Waals surface area contributed by atoms with Gasteiger partial charge in [-0.2, -0.15) is 0 Å². The molecular weight excluding hydrogens is 34.8 g/mol. The fraction of sp³-hybridized carbons (Fsp3) is 0. The first-order valence-corrected chi connectivity index (χ1v) is 0. The van der Waals surface area contributed by atoms with Gasteiger partial charge in [-0.15, -0.1) is 0 Å². The van der Waals surface area contributed by atoms with Crippen LogP contribution < -0.4 is 62.7 Å². The molecule has 0 saturated heterocycles. The first kappa shape index (κ1) is 42.3. The van der Waals surface area contributed by atoms with Crippen LogP contribution in [0.2, 0.25) is 0 Å². The van der Waals surface area contributed by atoms with Gasteiger partial charge in [-0.25, -0.2) is 0 Å². The predicted octanol–water partition coefficient (Wildman–Crippen LogP) is -8.83. The Labute approximate surface area is 62.4 Å². The first-order valence-electron chi connectivity index (χ1n) is 0. The van der Waals surface area contributed by atoms with Crippen LogP contribution in [-0.2, 0) is 0 Å². The fourth-order valence-electron chi connectivity index (χ4n) is 0. The zero-order chi connectivity index (χ0) is 0. The monoisotopic (exact) mass is 38.1 g/mol. The van der Waals surface area contributed by atoms with Crippen LogP contribution in [0.5, 0.6) is 0 Å². The van der Waals surface area contributed by atoms with Crippen molar-refractivity contribution in [2.45, 2.75) is 0 Å². The van der Waals surface area contributed by atoms with Crippen LogP contribution in [0.3, 0.4) is 0 Å². The molecule has 0 aliphatic carbocycles. The first-order chi connectivity index (χ1) is 0. The van der Waals surface area contributed by atoms with Gasteiger partial charge in [-0.1, -0.05) is 0 Å². The Balaban J connectivity index is 0. The zero-order valence-electron chi connectivity index (χ0n) is 3.71. The Morgan fingerprint density at radius 2 is 0.500 bits per heavy atom. The Morgan fingerprint density at radius 1 is 0.500 bits per heavy atom. The molecule has 0 rings (SSSR count). The largest absolute Gasteiger partial charge is 1.00 e. The molecule has 0 heterocycles. The van der Waals surface area contributed by atoms with Crippen molar-refractivity contribution in [3.05, 3.63) is 0 Å². The van der Waals surface area contributed by atoms with E-state index in [0.29, 0.717) is 0 Å². The second-order valence-corrected chi connectivity index (χ2v) is 0. The van der Waals surface area contributed by atoms with Crippen molar-refractivity contribution in [3.8, 4) is 0 Å². The molecule has 0 aromatic rings. The molecule has 0 aromatic heterocycles. The summed E-state index contributed by atoms with van der Waals surface area (Å²) in [7, 11) is 0. The van der Waals surface area contributed by atoms with Gasteiger partial charge in [0, 0.05) is 0 Å². The molecular formula is H3Li3N+3. The molecule has 0 radical (unpaired) electrons. The molecule has 0 amide bonds. The summed E-state index contributed by atoms with van der Waals surface area (Å²) in [6.45, 7) is 0. The van der Waals surface area contributed by atoms with Crippen LogP contribution in [0.4, 0.5) is 0 Å². The van der Waals surface area contributed by atoms with Gasteiger partial charge in [0.15, 0.2) is 0 Å². The van der Waals surface area contributed by atoms with Crippen molar-refractivity contribution in [3.63, 3.8) is 0 Å². The normalized spacial score (nSPS) is 0. The average molecular weight is 37.9 g/mol. The van der Waals surface area contributed by atoms with Gasteiger partial charge in [-0.3, -0.25) is 0 Å². The summed E-state index contributed by atoms with van der Waals surface area (Å²) in [6, 6.07) is 0. The predicted molar refractivity (Wildman–Crippen MR) is 5.02 cm³/mol. The molecule has 0 aromatic carbocycles. The van der Waals surface area contributed by atoms with E-state index in [4.69, 9.17) is 0 Å². The van der Waals surface area contributed by atoms with E-state index in [0.717, 1.165) is 0 Å². The van der Waals surface area contributed by atoms with Crippen molar-refractivity contribution in [2.24, 2.45) is 0 Å². The van der Waals surface area contributed by atoms with Gasteiger partial charge in [-0.05, 0) is 0 Å². The maximum Gasteiger partial charge on any atom is 1.00 e. The van der Waals surface area contributed by atoms with Gasteiger partial charge < -0.3 is 6.15 Å². The quantitative estimate of drug-likeness (QED) is 0.267. The van der Waals surface area contributed by atoms with Gasteiger partial charge in [0.2, 0.25) is 0 Å². The molecule has 0 unspecified atom stereocenters. The minimum Gasteiger partial charge on any atom is -0.344 e. The summed E-state index contributed by atoms with van der Waals surface area (Å²) >= 11 is 0. The van der Waals surface area contributed by atoms with Gasteiger partial charge in [0.1, 0.15) is 0 Å². The minimum absolute atomic E-state index is 0. The van der Waals surface area contributed by atoms with Crippen molar-refractivity contribution >= 4 is 0 Å². The summed E-state index contributed by atoms with van der Waals surface area (Å²) < 4.78 is 0. The van der Waals surface area contributed by atoms with Crippen LogP contribution in [0, 0.1) is 0 Å². The molecule has 0 fully saturated rings. The summed E-state index contributed by atoms with van der Waals surface area (Å²) in [6.07, 6.45) is 0. The second-order valence-electron chi connectivity index (χ2n) is 0. The van der Waals surface area contributed by atoms with Crippen molar-refractivity contribution in [1.82, 2.24) is 6.15 Å². The van der Waals surface area contributed by atoms with Crippen molar-refractivity contribution < 1.29 is 56.6 Å². The molecule has 8 valence electrons. The van der Waals surface area contributed by atoms with Crippen LogP contribution in [0.1, 0.15) is 0 Å². The third-order valence-corrected chi connectivity index (χ3v) is 0. The molecule has 1 nitrogen and oxygen atoms in total. The Hall–Kier alpha value is 1.75. The molecule has 4 heavy (non-hydrogen) atoms. The zero-order valence-corrected chi connectivity index (χ0v) is 3.71. The van der Waals surface area contributed by atoms with E-state index in [2.05, 4.69) is 0 Å². The van der Waals surface area contributed by atoms with E-state index in [9.17, 15) is 0 Å². The minimum atomic E-state index is 0. The van der Waals surface area contributed by atoms with Gasteiger partial charge in [0.25, 0.3) is 0 Å². The molecule has 3 N–H and O–H groups in total. The van der Waals surface area contributed by atoms with E-state index in [-0.39, 0.29) is 62.7 Å². The van der Waals surface area contributed by atoms with E-state index < -0.39 is 0 Å². The topological polar surface area (TPSA) is 35.0 Å². The Kier molecular flexibility index (Phi) is 231. The summed E-state index contributed by atoms with van der Waals surface area (Å²) in [4.78, 5) is 0. The Morgan fingerprint density at radius 3 is 0.500 bits per heavy atom. The number of rotatable bonds is 0. The van der Waals surface area contributed by atoms with Crippen LogP contribution in [0.25, 0.3) is 0 Å². The smallest absolute Gasteiger partial charge is 0.344 e. The maximum atomic E-state index is 0. The summed E-state index contributed by atoms with van der Waals surface area (Å²) in [5.41, 5.74) is 0. The standard InChI is InChI=1S/3Li.H3N/h;;;1H3/q3*+1;. The fourth-order valence-corrected chi connectivity index (χ4v) is 0. The van der Waals surface area contributed by atoms with E-state index in [1.165, 1.54) is 0 Å². The van der Waals surface area contributed by atoms with E-state index in [1.54, 1.807) is 0 Å². The maximum absolute atomic E-state index is 0.